The Morgan fingerprint density at radius 1 is 0.744 bits per heavy atom. The number of benzene rings is 2. The molecule has 0 bridgehead atoms. The van der Waals surface area contributed by atoms with E-state index in [1.165, 1.54) is 73.3 Å². The lowest BCUT2D eigenvalue weighted by Crippen LogP contribution is -2.63. The maximum Gasteiger partial charge on any atom is 0.410 e. The van der Waals surface area contributed by atoms with Gasteiger partial charge in [-0.15, -0.1) is 0 Å². The number of unbranched alkanes of at least 4 members (excludes halogenated alkanes) is 2. The molecule has 1 aliphatic carbocycles. The highest BCUT2D eigenvalue weighted by Gasteiger charge is 2.48. The molecule has 11 amide bonds. The van der Waals surface area contributed by atoms with Crippen LogP contribution >= 0.6 is 0 Å². The number of likely N-dealkylation sites (N-methyl/N-ethyl adjacent to an activating group) is 2. The molecular formula is C62H92N10O13S. The summed E-state index contributed by atoms with van der Waals surface area (Å²) in [5.41, 5.74) is 2.87. The second-order valence-corrected chi connectivity index (χ2v) is 27.4. The Balaban J connectivity index is 1.47. The minimum atomic E-state index is -4.49. The van der Waals surface area contributed by atoms with Crippen LogP contribution in [0, 0.1) is 17.3 Å². The molecule has 8 N–H and O–H groups in total. The summed E-state index contributed by atoms with van der Waals surface area (Å²) < 4.78 is 35.5. The Kier molecular flexibility index (Phi) is 24.4. The van der Waals surface area contributed by atoms with Crippen LogP contribution in [-0.2, 0) is 64.1 Å². The summed E-state index contributed by atoms with van der Waals surface area (Å²) in [7, 11) is -1.48. The van der Waals surface area contributed by atoms with Crippen LogP contribution in [-0.4, -0.2) is 145 Å². The second kappa shape index (κ2) is 29.6. The van der Waals surface area contributed by atoms with Gasteiger partial charge in [-0.1, -0.05) is 117 Å². The number of nitrogens with two attached hydrogens (primary N) is 1. The van der Waals surface area contributed by atoms with E-state index in [0.717, 1.165) is 10.5 Å². The third-order valence-electron chi connectivity index (χ3n) is 15.3. The van der Waals surface area contributed by atoms with E-state index in [1.54, 1.807) is 55.4 Å². The van der Waals surface area contributed by atoms with Crippen molar-refractivity contribution in [2.75, 3.05) is 27.2 Å². The van der Waals surface area contributed by atoms with E-state index < -0.39 is 116 Å². The van der Waals surface area contributed by atoms with Gasteiger partial charge in [-0.05, 0) is 107 Å². The molecule has 24 heteroatoms. The maximum absolute atomic E-state index is 14.7. The molecule has 23 nitrogen and oxygen atoms in total. The summed E-state index contributed by atoms with van der Waals surface area (Å²) in [6.45, 7) is 23.1. The van der Waals surface area contributed by atoms with E-state index in [1.807, 2.05) is 58.0 Å². The first-order valence-electron chi connectivity index (χ1n) is 29.3. The van der Waals surface area contributed by atoms with E-state index in [-0.39, 0.29) is 60.6 Å². The van der Waals surface area contributed by atoms with E-state index in [2.05, 4.69) is 31.3 Å². The molecule has 5 atom stereocenters. The Hall–Kier alpha value is -7.63. The predicted molar refractivity (Wildman–Crippen MR) is 324 cm³/mol. The number of amides is 11. The van der Waals surface area contributed by atoms with Gasteiger partial charge in [0.05, 0.1) is 16.5 Å². The molecule has 0 spiro atoms. The number of hydrogen-bond donors (Lipinski definition) is 7. The Morgan fingerprint density at radius 2 is 1.34 bits per heavy atom. The molecular weight excluding hydrogens is 1120 g/mol. The molecule has 0 radical (unpaired) electrons. The van der Waals surface area contributed by atoms with Gasteiger partial charge in [-0.25, -0.2) is 22.7 Å². The number of ether oxygens (including phenoxy) is 1. The van der Waals surface area contributed by atoms with Crippen LogP contribution in [0.25, 0.3) is 0 Å². The minimum Gasteiger partial charge on any atom is -0.444 e. The summed E-state index contributed by atoms with van der Waals surface area (Å²) in [6.07, 6.45) is 5.98. The molecule has 4 rings (SSSR count). The molecule has 2 aromatic carbocycles. The summed E-state index contributed by atoms with van der Waals surface area (Å²) in [5.74, 6) is -5.12. The quantitative estimate of drug-likeness (QED) is 0.0308. The van der Waals surface area contributed by atoms with Crippen molar-refractivity contribution in [3.05, 3.63) is 89.5 Å². The number of sulfonamides is 1. The summed E-state index contributed by atoms with van der Waals surface area (Å²) in [4.78, 5) is 136. The lowest BCUT2D eigenvalue weighted by atomic mass is 9.76. The van der Waals surface area contributed by atoms with Crippen LogP contribution in [0.3, 0.4) is 0 Å². The Labute approximate surface area is 507 Å². The molecule has 1 heterocycles. The average molecular weight is 1220 g/mol. The van der Waals surface area contributed by atoms with E-state index in [4.69, 9.17) is 10.5 Å². The van der Waals surface area contributed by atoms with E-state index in [0.29, 0.717) is 37.7 Å². The van der Waals surface area contributed by atoms with Gasteiger partial charge in [-0.3, -0.25) is 48.2 Å². The standard InChI is InChI=1S/C62H92N10O13S/c1-38(2)45(70(14)56(80)50(59(6,7)8)67-55(79)51(71(15)58(82)85-60(9,10)11)61(12,13)41-23-18-16-19-24-41)37-40(5)52(76)69-86(83,84)43-29-27-42(28-30-43)62(33-34-62)68-53(77)44(25-22-35-64-57(63)81)65-54(78)49(39(3)4)66-46(73)26-20-17-21-36-72-47(74)31-32-48(72)75/h16,18-19,23-24,27-32,37-39,44-45,49-51H,17,20-22,25-26,33-36H2,1-15H3,(H,65,78)(H,66,73)(H,67,79)(H,68,77)(H,69,76)(H3,63,64,81)/b40-37+/t44-,45+,49-,50+,51+/m0/s1. The molecule has 1 aliphatic heterocycles. The number of imide groups is 1. The average Bonchev–Trinajstić information content (AvgIpc) is 1.62. The van der Waals surface area contributed by atoms with Crippen molar-refractivity contribution in [2.24, 2.45) is 23.0 Å². The lowest BCUT2D eigenvalue weighted by Gasteiger charge is -2.42. The molecule has 0 unspecified atom stereocenters. The van der Waals surface area contributed by atoms with Gasteiger partial charge >= 0.3 is 12.1 Å². The van der Waals surface area contributed by atoms with Crippen LogP contribution in [0.1, 0.15) is 153 Å². The normalized spacial score (nSPS) is 16.1. The fourth-order valence-corrected chi connectivity index (χ4v) is 11.1. The molecule has 2 aliphatic rings. The fourth-order valence-electron chi connectivity index (χ4n) is 10.1. The molecule has 0 aromatic heterocycles. The van der Waals surface area contributed by atoms with Gasteiger partial charge < -0.3 is 42.0 Å². The van der Waals surface area contributed by atoms with Gasteiger partial charge in [0.25, 0.3) is 27.7 Å². The number of hydrogen-bond acceptors (Lipinski definition) is 13. The summed E-state index contributed by atoms with van der Waals surface area (Å²) >= 11 is 0. The van der Waals surface area contributed by atoms with Crippen molar-refractivity contribution in [3.63, 3.8) is 0 Å². The zero-order chi connectivity index (χ0) is 64.9. The van der Waals surface area contributed by atoms with Gasteiger partial charge in [0, 0.05) is 56.7 Å². The first-order chi connectivity index (χ1) is 39.8. The summed E-state index contributed by atoms with van der Waals surface area (Å²) in [5, 5.41) is 14.0. The number of rotatable bonds is 29. The molecule has 474 valence electrons. The SMILES string of the molecule is C/C(=C\[C@H](C(C)C)N(C)C(=O)[C@@H](NC(=O)[C@@H](N(C)C(=O)OC(C)(C)C)C(C)(C)c1ccccc1)C(C)(C)C)C(=O)NS(=O)(=O)c1ccc(C2(NC(=O)[C@H](CCCNC(N)=O)NC(=O)[C@@H](NC(=O)CCCCCN3C(=O)C=CC3=O)C(C)C)CC2)cc1. The highest BCUT2D eigenvalue weighted by molar-refractivity contribution is 7.90. The number of nitrogens with zero attached hydrogens (tertiary/aromatic N) is 3. The topological polar surface area (TPSA) is 322 Å². The second-order valence-electron chi connectivity index (χ2n) is 25.7. The summed E-state index contributed by atoms with van der Waals surface area (Å²) in [6, 6.07) is 8.85. The van der Waals surface area contributed by atoms with Gasteiger partial charge in [0.1, 0.15) is 29.8 Å². The van der Waals surface area contributed by atoms with Crippen molar-refractivity contribution in [1.29, 1.82) is 0 Å². The molecule has 1 fully saturated rings. The van der Waals surface area contributed by atoms with E-state index >= 15 is 0 Å². The van der Waals surface area contributed by atoms with Crippen molar-refractivity contribution in [2.45, 2.75) is 193 Å². The van der Waals surface area contributed by atoms with Crippen LogP contribution in [0.15, 0.2) is 83.3 Å². The van der Waals surface area contributed by atoms with Gasteiger partial charge in [0.2, 0.25) is 29.5 Å². The van der Waals surface area contributed by atoms with Crippen molar-refractivity contribution < 1.29 is 61.1 Å². The third kappa shape index (κ3) is 19.7. The number of primary amides is 1. The number of carbonyl (C=O) groups is 10. The smallest absolute Gasteiger partial charge is 0.410 e. The molecule has 2 aromatic rings. The van der Waals surface area contributed by atoms with Crippen LogP contribution in [0.4, 0.5) is 9.59 Å². The molecule has 0 saturated heterocycles. The zero-order valence-electron chi connectivity index (χ0n) is 52.7. The zero-order valence-corrected chi connectivity index (χ0v) is 53.5. The van der Waals surface area contributed by atoms with Gasteiger partial charge in [-0.2, -0.15) is 0 Å². The van der Waals surface area contributed by atoms with Crippen molar-refractivity contribution in [3.8, 4) is 0 Å². The molecule has 86 heavy (non-hydrogen) atoms. The van der Waals surface area contributed by atoms with Gasteiger partial charge in [0.15, 0.2) is 0 Å². The van der Waals surface area contributed by atoms with Crippen LogP contribution in [0.2, 0.25) is 0 Å². The highest BCUT2D eigenvalue weighted by Crippen LogP contribution is 2.46. The largest absolute Gasteiger partial charge is 0.444 e. The van der Waals surface area contributed by atoms with Crippen molar-refractivity contribution >= 4 is 69.4 Å². The fraction of sp³-hybridized carbons (Fsp3) is 0.581. The number of nitrogens with one attached hydrogen (secondary N) is 6. The number of urea groups is 1. The number of carbonyl (C=O) groups excluding carboxylic acids is 10. The first kappa shape index (κ1) is 70.9. The lowest BCUT2D eigenvalue weighted by molar-refractivity contribution is -0.142. The van der Waals surface area contributed by atoms with Crippen molar-refractivity contribution in [1.82, 2.24) is 46.0 Å². The highest BCUT2D eigenvalue weighted by atomic mass is 32.2. The monoisotopic (exact) mass is 1220 g/mol. The maximum atomic E-state index is 14.7. The Morgan fingerprint density at radius 3 is 1.86 bits per heavy atom. The minimum absolute atomic E-state index is 0.0184. The third-order valence-corrected chi connectivity index (χ3v) is 16.6. The predicted octanol–water partition coefficient (Wildman–Crippen LogP) is 5.33. The molecule has 1 saturated carbocycles. The Bertz CT molecular complexity index is 2960. The van der Waals surface area contributed by atoms with E-state index in [9.17, 15) is 56.4 Å². The van der Waals surface area contributed by atoms with Crippen LogP contribution < -0.4 is 37.0 Å². The first-order valence-corrected chi connectivity index (χ1v) is 30.7. The van der Waals surface area contributed by atoms with Crippen LogP contribution in [0.5, 0.6) is 0 Å².